The van der Waals surface area contributed by atoms with Gasteiger partial charge in [0.25, 0.3) is 0 Å². The van der Waals surface area contributed by atoms with E-state index in [0.29, 0.717) is 32.0 Å². The molecule has 1 aromatic carbocycles. The van der Waals surface area contributed by atoms with E-state index in [9.17, 15) is 4.79 Å². The Kier molecular flexibility index (Phi) is 5.70. The summed E-state index contributed by atoms with van der Waals surface area (Å²) in [5.74, 6) is 2.16. The molecule has 3 heterocycles. The quantitative estimate of drug-likeness (QED) is 0.760. The minimum absolute atomic E-state index is 0.00522. The van der Waals surface area contributed by atoms with Crippen LogP contribution in [0.15, 0.2) is 18.2 Å². The fourth-order valence-electron chi connectivity index (χ4n) is 3.77. The van der Waals surface area contributed by atoms with E-state index < -0.39 is 0 Å². The number of hydrogen-bond donors (Lipinski definition) is 0. The second-order valence-corrected chi connectivity index (χ2v) is 7.20. The SMILES string of the molecule is COc1cccc2c1OCCCN(C(=O)Cn1nnnc1CN1CCCC1)C2. The number of methoxy groups -OCH3 is 1. The Labute approximate surface area is 164 Å². The van der Waals surface area contributed by atoms with Crippen molar-refractivity contribution in [3.8, 4) is 11.5 Å². The van der Waals surface area contributed by atoms with Crippen LogP contribution in [0.4, 0.5) is 0 Å². The molecular formula is C19H26N6O3. The lowest BCUT2D eigenvalue weighted by Gasteiger charge is -2.27. The summed E-state index contributed by atoms with van der Waals surface area (Å²) in [6.07, 6.45) is 3.18. The maximum absolute atomic E-state index is 13.0. The van der Waals surface area contributed by atoms with Gasteiger partial charge in [0.15, 0.2) is 17.3 Å². The Hall–Kier alpha value is -2.68. The van der Waals surface area contributed by atoms with Crippen molar-refractivity contribution < 1.29 is 14.3 Å². The van der Waals surface area contributed by atoms with Gasteiger partial charge in [-0.2, -0.15) is 0 Å². The van der Waals surface area contributed by atoms with Crippen molar-refractivity contribution in [1.82, 2.24) is 30.0 Å². The second kappa shape index (κ2) is 8.55. The van der Waals surface area contributed by atoms with Crippen LogP contribution in [0.3, 0.4) is 0 Å². The van der Waals surface area contributed by atoms with Gasteiger partial charge in [0.2, 0.25) is 5.91 Å². The van der Waals surface area contributed by atoms with Crippen LogP contribution < -0.4 is 9.47 Å². The van der Waals surface area contributed by atoms with Crippen molar-refractivity contribution in [3.63, 3.8) is 0 Å². The highest BCUT2D eigenvalue weighted by atomic mass is 16.5. The summed E-state index contributed by atoms with van der Waals surface area (Å²) in [4.78, 5) is 17.2. The molecule has 0 unspecified atom stereocenters. The number of likely N-dealkylation sites (tertiary alicyclic amines) is 1. The average molecular weight is 386 g/mol. The summed E-state index contributed by atoms with van der Waals surface area (Å²) in [6, 6.07) is 5.76. The van der Waals surface area contributed by atoms with Crippen LogP contribution in [0.25, 0.3) is 0 Å². The average Bonchev–Trinajstić information content (AvgIpc) is 3.34. The lowest BCUT2D eigenvalue weighted by molar-refractivity contribution is -0.133. The first-order valence-corrected chi connectivity index (χ1v) is 9.78. The summed E-state index contributed by atoms with van der Waals surface area (Å²) in [7, 11) is 1.63. The summed E-state index contributed by atoms with van der Waals surface area (Å²) < 4.78 is 12.9. The molecule has 0 bridgehead atoms. The number of rotatable bonds is 5. The molecular weight excluding hydrogens is 360 g/mol. The third kappa shape index (κ3) is 4.09. The number of para-hydroxylation sites is 1. The van der Waals surface area contributed by atoms with E-state index in [4.69, 9.17) is 9.47 Å². The molecule has 1 fully saturated rings. The number of nitrogens with zero attached hydrogens (tertiary/aromatic N) is 6. The van der Waals surface area contributed by atoms with E-state index >= 15 is 0 Å². The number of carbonyl (C=O) groups excluding carboxylic acids is 1. The van der Waals surface area contributed by atoms with Crippen LogP contribution in [0, 0.1) is 0 Å². The normalized spacial score (nSPS) is 17.5. The van der Waals surface area contributed by atoms with Crippen molar-refractivity contribution in [2.75, 3.05) is 33.4 Å². The lowest BCUT2D eigenvalue weighted by Crippen LogP contribution is -2.37. The van der Waals surface area contributed by atoms with Crippen LogP contribution in [-0.4, -0.2) is 69.3 Å². The number of hydrogen-bond acceptors (Lipinski definition) is 7. The zero-order chi connectivity index (χ0) is 19.3. The fraction of sp³-hybridized carbons (Fsp3) is 0.579. The Morgan fingerprint density at radius 3 is 2.89 bits per heavy atom. The van der Waals surface area contributed by atoms with Gasteiger partial charge in [-0.05, 0) is 48.8 Å². The molecule has 2 aliphatic rings. The molecule has 1 saturated heterocycles. The van der Waals surface area contributed by atoms with Crippen molar-refractivity contribution >= 4 is 5.91 Å². The zero-order valence-electron chi connectivity index (χ0n) is 16.2. The van der Waals surface area contributed by atoms with Crippen molar-refractivity contribution in [2.24, 2.45) is 0 Å². The summed E-state index contributed by atoms with van der Waals surface area (Å²) in [5.41, 5.74) is 0.946. The highest BCUT2D eigenvalue weighted by Crippen LogP contribution is 2.33. The molecule has 28 heavy (non-hydrogen) atoms. The molecule has 0 radical (unpaired) electrons. The van der Waals surface area contributed by atoms with Crippen LogP contribution in [-0.2, 0) is 24.4 Å². The predicted molar refractivity (Wildman–Crippen MR) is 101 cm³/mol. The number of benzene rings is 1. The summed E-state index contributed by atoms with van der Waals surface area (Å²) in [5, 5.41) is 11.9. The van der Waals surface area contributed by atoms with Gasteiger partial charge in [-0.15, -0.1) is 5.10 Å². The number of ether oxygens (including phenoxy) is 2. The third-order valence-corrected chi connectivity index (χ3v) is 5.27. The standard InChI is InChI=1S/C19H26N6O3/c1-27-16-7-4-6-15-12-24(10-5-11-28-19(15)16)18(26)14-25-17(20-21-22-25)13-23-8-2-3-9-23/h4,6-7H,2-3,5,8-14H2,1H3. The first kappa shape index (κ1) is 18.7. The van der Waals surface area contributed by atoms with Crippen molar-refractivity contribution in [2.45, 2.75) is 38.9 Å². The molecule has 0 atom stereocenters. The first-order chi connectivity index (χ1) is 13.7. The van der Waals surface area contributed by atoms with Crippen LogP contribution in [0.1, 0.15) is 30.7 Å². The van der Waals surface area contributed by atoms with E-state index in [2.05, 4.69) is 20.4 Å². The maximum Gasteiger partial charge on any atom is 0.244 e. The zero-order valence-corrected chi connectivity index (χ0v) is 16.2. The van der Waals surface area contributed by atoms with Crippen LogP contribution in [0.5, 0.6) is 11.5 Å². The highest BCUT2D eigenvalue weighted by molar-refractivity contribution is 5.76. The summed E-state index contributed by atoms with van der Waals surface area (Å²) >= 11 is 0. The molecule has 4 rings (SSSR count). The highest BCUT2D eigenvalue weighted by Gasteiger charge is 2.23. The first-order valence-electron chi connectivity index (χ1n) is 9.78. The summed E-state index contributed by atoms with van der Waals surface area (Å²) in [6.45, 7) is 4.62. The Balaban J connectivity index is 1.46. The molecule has 150 valence electrons. The fourth-order valence-corrected chi connectivity index (χ4v) is 3.77. The van der Waals surface area contributed by atoms with Crippen molar-refractivity contribution in [1.29, 1.82) is 0 Å². The topological polar surface area (TPSA) is 85.6 Å². The van der Waals surface area contributed by atoms with Gasteiger partial charge >= 0.3 is 0 Å². The Morgan fingerprint density at radius 1 is 1.21 bits per heavy atom. The molecule has 2 aromatic rings. The molecule has 1 aromatic heterocycles. The van der Waals surface area contributed by atoms with Gasteiger partial charge in [-0.3, -0.25) is 9.69 Å². The maximum atomic E-state index is 13.0. The predicted octanol–water partition coefficient (Wildman–Crippen LogP) is 1.09. The van der Waals surface area contributed by atoms with Gasteiger partial charge in [-0.1, -0.05) is 12.1 Å². The number of carbonyl (C=O) groups is 1. The number of amides is 1. The minimum Gasteiger partial charge on any atom is -0.493 e. The van der Waals surface area contributed by atoms with Crippen LogP contribution in [0.2, 0.25) is 0 Å². The Bertz CT molecular complexity index is 818. The van der Waals surface area contributed by atoms with Gasteiger partial charge in [0.1, 0.15) is 6.54 Å². The molecule has 1 amide bonds. The van der Waals surface area contributed by atoms with E-state index in [-0.39, 0.29) is 12.5 Å². The molecule has 0 N–H and O–H groups in total. The van der Waals surface area contributed by atoms with Crippen molar-refractivity contribution in [3.05, 3.63) is 29.6 Å². The smallest absolute Gasteiger partial charge is 0.244 e. The van der Waals surface area contributed by atoms with E-state index in [0.717, 1.165) is 36.6 Å². The number of aromatic nitrogens is 4. The van der Waals surface area contributed by atoms with Gasteiger partial charge in [-0.25, -0.2) is 4.68 Å². The number of tetrazole rings is 1. The minimum atomic E-state index is 0.00522. The van der Waals surface area contributed by atoms with Crippen LogP contribution >= 0.6 is 0 Å². The van der Waals surface area contributed by atoms with E-state index in [1.54, 1.807) is 11.8 Å². The Morgan fingerprint density at radius 2 is 2.07 bits per heavy atom. The molecule has 0 aliphatic carbocycles. The van der Waals surface area contributed by atoms with Gasteiger partial charge < -0.3 is 14.4 Å². The van der Waals surface area contributed by atoms with Gasteiger partial charge in [0.05, 0.1) is 20.3 Å². The monoisotopic (exact) mass is 386 g/mol. The third-order valence-electron chi connectivity index (χ3n) is 5.27. The van der Waals surface area contributed by atoms with E-state index in [1.165, 1.54) is 12.8 Å². The molecule has 0 spiro atoms. The lowest BCUT2D eigenvalue weighted by atomic mass is 10.1. The molecule has 2 aliphatic heterocycles. The molecule has 9 nitrogen and oxygen atoms in total. The van der Waals surface area contributed by atoms with E-state index in [1.807, 2.05) is 23.1 Å². The largest absolute Gasteiger partial charge is 0.493 e. The number of fused-ring (bicyclic) bond motifs is 1. The van der Waals surface area contributed by atoms with Gasteiger partial charge in [0, 0.05) is 18.7 Å². The second-order valence-electron chi connectivity index (χ2n) is 7.20. The molecule has 0 saturated carbocycles. The molecule has 9 heteroatoms.